The van der Waals surface area contributed by atoms with E-state index in [1.165, 1.54) is 6.20 Å². The molecule has 4 N–H and O–H groups in total. The fourth-order valence-corrected chi connectivity index (χ4v) is 2.16. The molecule has 1 aliphatic heterocycles. The largest absolute Gasteiger partial charge is 0.409 e. The number of ether oxygens (including phenoxy) is 1. The van der Waals surface area contributed by atoms with Crippen molar-refractivity contribution in [1.82, 2.24) is 10.3 Å². The number of amides is 1. The minimum atomic E-state index is -0.228. The highest BCUT2D eigenvalue weighted by Crippen LogP contribution is 2.28. The van der Waals surface area contributed by atoms with Gasteiger partial charge in [-0.3, -0.25) is 9.78 Å². The summed E-state index contributed by atoms with van der Waals surface area (Å²) in [5.74, 6) is -0.266. The quantitative estimate of drug-likeness (QED) is 0.328. The van der Waals surface area contributed by atoms with Gasteiger partial charge in [-0.1, -0.05) is 12.1 Å². The third kappa shape index (κ3) is 3.91. The Hall–Kier alpha value is -2.15. The Labute approximate surface area is 123 Å². The summed E-state index contributed by atoms with van der Waals surface area (Å²) in [7, 11) is 0. The van der Waals surface area contributed by atoms with E-state index in [1.807, 2.05) is 0 Å². The van der Waals surface area contributed by atoms with E-state index in [0.29, 0.717) is 17.8 Å². The summed E-state index contributed by atoms with van der Waals surface area (Å²) in [6.45, 7) is 4.21. The molecule has 114 valence electrons. The van der Waals surface area contributed by atoms with Crippen LogP contribution in [0.4, 0.5) is 0 Å². The summed E-state index contributed by atoms with van der Waals surface area (Å²) in [5, 5.41) is 14.4. The number of hydrogen-bond acceptors (Lipinski definition) is 5. The van der Waals surface area contributed by atoms with Crippen LogP contribution in [0.15, 0.2) is 23.5 Å². The van der Waals surface area contributed by atoms with Crippen LogP contribution in [0.1, 0.15) is 35.8 Å². The first kappa shape index (κ1) is 15.2. The third-order valence-corrected chi connectivity index (χ3v) is 3.78. The van der Waals surface area contributed by atoms with Crippen molar-refractivity contribution in [3.05, 3.63) is 29.6 Å². The summed E-state index contributed by atoms with van der Waals surface area (Å²) >= 11 is 0. The van der Waals surface area contributed by atoms with E-state index in [0.717, 1.165) is 26.1 Å². The van der Waals surface area contributed by atoms with Gasteiger partial charge in [0.15, 0.2) is 5.84 Å². The smallest absolute Gasteiger partial charge is 0.269 e. The minimum absolute atomic E-state index is 0.0378. The Morgan fingerprint density at radius 2 is 2.24 bits per heavy atom. The zero-order valence-corrected chi connectivity index (χ0v) is 12.0. The molecule has 21 heavy (non-hydrogen) atoms. The summed E-state index contributed by atoms with van der Waals surface area (Å²) < 4.78 is 5.33. The second kappa shape index (κ2) is 6.53. The van der Waals surface area contributed by atoms with Crippen LogP contribution in [0.2, 0.25) is 0 Å². The molecule has 7 heteroatoms. The Kier molecular flexibility index (Phi) is 4.74. The molecule has 0 spiro atoms. The molecule has 2 rings (SSSR count). The topological polar surface area (TPSA) is 110 Å². The second-order valence-corrected chi connectivity index (χ2v) is 5.52. The lowest BCUT2D eigenvalue weighted by Crippen LogP contribution is -2.39. The Bertz CT molecular complexity index is 522. The first-order chi connectivity index (χ1) is 10.0. The molecule has 1 saturated heterocycles. The Morgan fingerprint density at radius 1 is 1.52 bits per heavy atom. The lowest BCUT2D eigenvalue weighted by Gasteiger charge is -2.33. The average molecular weight is 292 g/mol. The molecule has 0 radical (unpaired) electrons. The number of nitrogens with two attached hydrogens (primary N) is 1. The van der Waals surface area contributed by atoms with Crippen LogP contribution in [-0.4, -0.2) is 41.7 Å². The predicted molar refractivity (Wildman–Crippen MR) is 77.2 cm³/mol. The van der Waals surface area contributed by atoms with Gasteiger partial charge in [0.25, 0.3) is 5.91 Å². The molecule has 7 nitrogen and oxygen atoms in total. The highest BCUT2D eigenvalue weighted by Gasteiger charge is 2.27. The van der Waals surface area contributed by atoms with Crippen molar-refractivity contribution in [1.29, 1.82) is 0 Å². The second-order valence-electron chi connectivity index (χ2n) is 5.52. The highest BCUT2D eigenvalue weighted by molar-refractivity contribution is 5.98. The molecule has 0 atom stereocenters. The van der Waals surface area contributed by atoms with Gasteiger partial charge in [-0.25, -0.2) is 0 Å². The van der Waals surface area contributed by atoms with Gasteiger partial charge < -0.3 is 21.0 Å². The fourth-order valence-electron chi connectivity index (χ4n) is 2.16. The zero-order chi connectivity index (χ0) is 15.3. The van der Waals surface area contributed by atoms with E-state index < -0.39 is 0 Å². The van der Waals surface area contributed by atoms with Crippen LogP contribution in [0.5, 0.6) is 0 Å². The number of oxime groups is 1. The maximum absolute atomic E-state index is 12.1. The molecule has 2 heterocycles. The number of hydrogen-bond donors (Lipinski definition) is 3. The van der Waals surface area contributed by atoms with Gasteiger partial charge in [0.05, 0.1) is 0 Å². The van der Waals surface area contributed by atoms with Gasteiger partial charge in [0.2, 0.25) is 0 Å². The molecular weight excluding hydrogens is 272 g/mol. The molecule has 0 aliphatic carbocycles. The molecule has 0 aromatic carbocycles. The number of carbonyl (C=O) groups excluding carboxylic acids is 1. The first-order valence-electron chi connectivity index (χ1n) is 6.84. The summed E-state index contributed by atoms with van der Waals surface area (Å²) in [6.07, 6.45) is 3.27. The molecule has 1 fully saturated rings. The maximum Gasteiger partial charge on any atom is 0.269 e. The number of nitrogens with one attached hydrogen (secondary N) is 1. The van der Waals surface area contributed by atoms with Crippen LogP contribution in [0.3, 0.4) is 0 Å². The molecule has 1 aromatic rings. The van der Waals surface area contributed by atoms with Gasteiger partial charge >= 0.3 is 0 Å². The van der Waals surface area contributed by atoms with E-state index in [9.17, 15) is 4.79 Å². The summed E-state index contributed by atoms with van der Waals surface area (Å²) in [4.78, 5) is 16.1. The van der Waals surface area contributed by atoms with E-state index in [2.05, 4.69) is 22.4 Å². The standard InChI is InChI=1S/C14H20N4O3/c1-14(4-6-21-7-5-14)9-17-13(19)11-3-2-10(8-16-11)12(15)18-20/h2-3,8,20H,4-7,9H2,1H3,(H2,15,18)(H,17,19). The maximum atomic E-state index is 12.1. The average Bonchev–Trinajstić information content (AvgIpc) is 2.53. The summed E-state index contributed by atoms with van der Waals surface area (Å²) in [5.41, 5.74) is 6.28. The first-order valence-corrected chi connectivity index (χ1v) is 6.84. The van der Waals surface area contributed by atoms with E-state index in [-0.39, 0.29) is 17.2 Å². The number of rotatable bonds is 4. The van der Waals surface area contributed by atoms with Gasteiger partial charge in [0, 0.05) is 31.5 Å². The highest BCUT2D eigenvalue weighted by atomic mass is 16.5. The fraction of sp³-hybridized carbons (Fsp3) is 0.500. The molecule has 0 bridgehead atoms. The van der Waals surface area contributed by atoms with Crippen molar-refractivity contribution in [2.24, 2.45) is 16.3 Å². The Balaban J connectivity index is 1.94. The van der Waals surface area contributed by atoms with Gasteiger partial charge in [0.1, 0.15) is 5.69 Å². The number of pyridine rings is 1. The SMILES string of the molecule is CC1(CNC(=O)c2ccc(/C(N)=N/O)cn2)CCOCC1. The van der Waals surface area contributed by atoms with Crippen LogP contribution < -0.4 is 11.1 Å². The minimum Gasteiger partial charge on any atom is -0.409 e. The van der Waals surface area contributed by atoms with Gasteiger partial charge in [-0.15, -0.1) is 0 Å². The monoisotopic (exact) mass is 292 g/mol. The van der Waals surface area contributed by atoms with E-state index in [4.69, 9.17) is 15.7 Å². The van der Waals surface area contributed by atoms with E-state index in [1.54, 1.807) is 12.1 Å². The molecule has 1 amide bonds. The lowest BCUT2D eigenvalue weighted by atomic mass is 9.82. The number of carbonyl (C=O) groups is 1. The lowest BCUT2D eigenvalue weighted by molar-refractivity contribution is 0.0238. The van der Waals surface area contributed by atoms with Crippen LogP contribution in [-0.2, 0) is 4.74 Å². The molecule has 1 aliphatic rings. The Morgan fingerprint density at radius 3 is 2.81 bits per heavy atom. The van der Waals surface area contributed by atoms with E-state index >= 15 is 0 Å². The summed E-state index contributed by atoms with van der Waals surface area (Å²) in [6, 6.07) is 3.14. The number of nitrogens with zero attached hydrogens (tertiary/aromatic N) is 2. The van der Waals surface area contributed by atoms with Crippen molar-refractivity contribution in [2.45, 2.75) is 19.8 Å². The van der Waals surface area contributed by atoms with Crippen molar-refractivity contribution in [3.63, 3.8) is 0 Å². The molecule has 0 saturated carbocycles. The van der Waals surface area contributed by atoms with Crippen molar-refractivity contribution in [3.8, 4) is 0 Å². The molecule has 0 unspecified atom stereocenters. The molecular formula is C14H20N4O3. The normalized spacial score (nSPS) is 18.2. The van der Waals surface area contributed by atoms with Gasteiger partial charge in [-0.05, 0) is 30.4 Å². The van der Waals surface area contributed by atoms with Gasteiger partial charge in [-0.2, -0.15) is 0 Å². The van der Waals surface area contributed by atoms with Crippen LogP contribution in [0, 0.1) is 5.41 Å². The predicted octanol–water partition coefficient (Wildman–Crippen LogP) is 0.723. The third-order valence-electron chi connectivity index (χ3n) is 3.78. The van der Waals surface area contributed by atoms with Crippen molar-refractivity contribution < 1.29 is 14.7 Å². The van der Waals surface area contributed by atoms with Crippen LogP contribution in [0.25, 0.3) is 0 Å². The number of aromatic nitrogens is 1. The van der Waals surface area contributed by atoms with Crippen LogP contribution >= 0.6 is 0 Å². The zero-order valence-electron chi connectivity index (χ0n) is 12.0. The van der Waals surface area contributed by atoms with Crippen molar-refractivity contribution in [2.75, 3.05) is 19.8 Å². The van der Waals surface area contributed by atoms with Crippen molar-refractivity contribution >= 4 is 11.7 Å². The number of amidine groups is 1. The molecule has 1 aromatic heterocycles.